The number of carbonyl (C=O) groups excluding carboxylic acids is 2. The Hall–Kier alpha value is -2.88. The van der Waals surface area contributed by atoms with Crippen LogP contribution >= 0.6 is 0 Å². The maximum atomic E-state index is 12.5. The Morgan fingerprint density at radius 2 is 1.84 bits per heavy atom. The van der Waals surface area contributed by atoms with Crippen LogP contribution in [0.5, 0.6) is 0 Å². The number of benzene rings is 2. The molecule has 0 unspecified atom stereocenters. The third-order valence-electron chi connectivity index (χ3n) is 4.19. The second kappa shape index (κ2) is 6.93. The van der Waals surface area contributed by atoms with E-state index in [1.54, 1.807) is 6.20 Å². The standard InChI is InChI=1S/C21H22N2O2/c1-14(2)21(25)18-12-23(19-10-5-4-9-17(18)19)13-20(24)22-16-8-6-7-15(3)11-16/h4-12,14H,13H2,1-3H3,(H,22,24). The first kappa shape index (κ1) is 17.0. The molecule has 4 heteroatoms. The highest BCUT2D eigenvalue weighted by molar-refractivity contribution is 6.09. The topological polar surface area (TPSA) is 51.1 Å². The summed E-state index contributed by atoms with van der Waals surface area (Å²) in [6.45, 7) is 5.93. The van der Waals surface area contributed by atoms with E-state index in [1.807, 2.05) is 73.9 Å². The summed E-state index contributed by atoms with van der Waals surface area (Å²) in [6, 6.07) is 15.4. The van der Waals surface area contributed by atoms with E-state index in [4.69, 9.17) is 0 Å². The summed E-state index contributed by atoms with van der Waals surface area (Å²) in [6.07, 6.45) is 1.79. The Morgan fingerprint density at radius 1 is 1.08 bits per heavy atom. The lowest BCUT2D eigenvalue weighted by Gasteiger charge is -2.08. The summed E-state index contributed by atoms with van der Waals surface area (Å²) in [5.41, 5.74) is 3.44. The lowest BCUT2D eigenvalue weighted by molar-refractivity contribution is -0.116. The number of aromatic nitrogens is 1. The molecule has 0 spiro atoms. The zero-order chi connectivity index (χ0) is 18.0. The van der Waals surface area contributed by atoms with E-state index >= 15 is 0 Å². The number of ketones is 1. The molecule has 1 heterocycles. The van der Waals surface area contributed by atoms with Crippen molar-refractivity contribution < 1.29 is 9.59 Å². The van der Waals surface area contributed by atoms with Crippen molar-refractivity contribution in [3.8, 4) is 0 Å². The first-order valence-corrected chi connectivity index (χ1v) is 8.44. The third-order valence-corrected chi connectivity index (χ3v) is 4.19. The number of amides is 1. The van der Waals surface area contributed by atoms with Gasteiger partial charge in [0.1, 0.15) is 6.54 Å². The molecule has 0 radical (unpaired) electrons. The van der Waals surface area contributed by atoms with Gasteiger partial charge in [0.15, 0.2) is 5.78 Å². The molecule has 1 aromatic heterocycles. The third kappa shape index (κ3) is 3.63. The molecular formula is C21H22N2O2. The van der Waals surface area contributed by atoms with Gasteiger partial charge in [0.05, 0.1) is 0 Å². The number of anilines is 1. The van der Waals surface area contributed by atoms with Crippen molar-refractivity contribution in [3.63, 3.8) is 0 Å². The number of nitrogens with zero attached hydrogens (tertiary/aromatic N) is 1. The minimum atomic E-state index is -0.116. The molecule has 1 amide bonds. The molecule has 0 atom stereocenters. The molecule has 0 fully saturated rings. The van der Waals surface area contributed by atoms with Crippen LogP contribution in [-0.2, 0) is 11.3 Å². The summed E-state index contributed by atoms with van der Waals surface area (Å²) in [4.78, 5) is 24.9. The van der Waals surface area contributed by atoms with E-state index in [1.165, 1.54) is 0 Å². The Kier molecular flexibility index (Phi) is 4.70. The minimum Gasteiger partial charge on any atom is -0.337 e. The van der Waals surface area contributed by atoms with Crippen LogP contribution in [0.4, 0.5) is 5.69 Å². The lowest BCUT2D eigenvalue weighted by atomic mass is 10.0. The van der Waals surface area contributed by atoms with Gasteiger partial charge in [-0.2, -0.15) is 0 Å². The maximum Gasteiger partial charge on any atom is 0.244 e. The first-order chi connectivity index (χ1) is 12.0. The summed E-state index contributed by atoms with van der Waals surface area (Å²) in [5, 5.41) is 3.81. The quantitative estimate of drug-likeness (QED) is 0.702. The van der Waals surface area contributed by atoms with Gasteiger partial charge < -0.3 is 9.88 Å². The molecule has 25 heavy (non-hydrogen) atoms. The fourth-order valence-electron chi connectivity index (χ4n) is 2.96. The molecule has 0 saturated heterocycles. The Labute approximate surface area is 147 Å². The van der Waals surface area contributed by atoms with Crippen LogP contribution in [0.2, 0.25) is 0 Å². The van der Waals surface area contributed by atoms with Crippen LogP contribution in [0.3, 0.4) is 0 Å². The molecular weight excluding hydrogens is 312 g/mol. The predicted octanol–water partition coefficient (Wildman–Crippen LogP) is 4.43. The minimum absolute atomic E-state index is 0.0830. The number of hydrogen-bond donors (Lipinski definition) is 1. The van der Waals surface area contributed by atoms with Gasteiger partial charge in [0, 0.05) is 34.3 Å². The monoisotopic (exact) mass is 334 g/mol. The van der Waals surface area contributed by atoms with Gasteiger partial charge in [0.2, 0.25) is 5.91 Å². The van der Waals surface area contributed by atoms with Crippen molar-refractivity contribution in [2.45, 2.75) is 27.3 Å². The van der Waals surface area contributed by atoms with Gasteiger partial charge in [-0.3, -0.25) is 9.59 Å². The molecule has 0 bridgehead atoms. The maximum absolute atomic E-state index is 12.5. The zero-order valence-electron chi connectivity index (χ0n) is 14.7. The van der Waals surface area contributed by atoms with Crippen LogP contribution in [0.25, 0.3) is 10.9 Å². The van der Waals surface area contributed by atoms with Crippen molar-refractivity contribution >= 4 is 28.3 Å². The first-order valence-electron chi connectivity index (χ1n) is 8.44. The number of aryl methyl sites for hydroxylation is 1. The average Bonchev–Trinajstić information content (AvgIpc) is 2.92. The molecule has 0 aliphatic carbocycles. The number of hydrogen-bond acceptors (Lipinski definition) is 2. The highest BCUT2D eigenvalue weighted by Gasteiger charge is 2.18. The van der Waals surface area contributed by atoms with Crippen LogP contribution in [0.15, 0.2) is 54.7 Å². The molecule has 3 aromatic rings. The van der Waals surface area contributed by atoms with E-state index in [2.05, 4.69) is 5.32 Å². The number of fused-ring (bicyclic) bond motifs is 1. The average molecular weight is 334 g/mol. The highest BCUT2D eigenvalue weighted by Crippen LogP contribution is 2.24. The summed E-state index contributed by atoms with van der Waals surface area (Å²) in [7, 11) is 0. The van der Waals surface area contributed by atoms with Gasteiger partial charge >= 0.3 is 0 Å². The van der Waals surface area contributed by atoms with Gasteiger partial charge in [-0.1, -0.05) is 44.2 Å². The van der Waals surface area contributed by atoms with Gasteiger partial charge in [-0.15, -0.1) is 0 Å². The summed E-state index contributed by atoms with van der Waals surface area (Å²) < 4.78 is 1.84. The van der Waals surface area contributed by atoms with Crippen LogP contribution < -0.4 is 5.32 Å². The van der Waals surface area contributed by atoms with Gasteiger partial charge in [-0.25, -0.2) is 0 Å². The second-order valence-electron chi connectivity index (χ2n) is 6.62. The number of nitrogens with one attached hydrogen (secondary N) is 1. The second-order valence-corrected chi connectivity index (χ2v) is 6.62. The number of Topliss-reactive ketones (excluding diaryl/α,β-unsaturated/α-hetero) is 1. The lowest BCUT2D eigenvalue weighted by Crippen LogP contribution is -2.18. The fraction of sp³-hybridized carbons (Fsp3) is 0.238. The van der Waals surface area contributed by atoms with Crippen LogP contribution in [-0.4, -0.2) is 16.3 Å². The fourth-order valence-corrected chi connectivity index (χ4v) is 2.96. The molecule has 4 nitrogen and oxygen atoms in total. The molecule has 2 aromatic carbocycles. The van der Waals surface area contributed by atoms with E-state index in [-0.39, 0.29) is 24.2 Å². The smallest absolute Gasteiger partial charge is 0.244 e. The Bertz CT molecular complexity index is 938. The number of para-hydroxylation sites is 1. The van der Waals surface area contributed by atoms with E-state index in [0.717, 1.165) is 22.2 Å². The normalized spacial score (nSPS) is 11.0. The van der Waals surface area contributed by atoms with Crippen LogP contribution in [0, 0.1) is 12.8 Å². The number of carbonyl (C=O) groups is 2. The van der Waals surface area contributed by atoms with Crippen LogP contribution in [0.1, 0.15) is 29.8 Å². The van der Waals surface area contributed by atoms with Crippen molar-refractivity contribution in [2.75, 3.05) is 5.32 Å². The van der Waals surface area contributed by atoms with Crippen molar-refractivity contribution in [2.24, 2.45) is 5.92 Å². The molecule has 0 aliphatic heterocycles. The summed E-state index contributed by atoms with van der Waals surface area (Å²) in [5.74, 6) is -0.107. The van der Waals surface area contributed by atoms with E-state index in [0.29, 0.717) is 5.56 Å². The van der Waals surface area contributed by atoms with Gasteiger partial charge in [-0.05, 0) is 30.7 Å². The number of rotatable bonds is 5. The largest absolute Gasteiger partial charge is 0.337 e. The zero-order valence-corrected chi connectivity index (χ0v) is 14.7. The molecule has 0 saturated carbocycles. The summed E-state index contributed by atoms with van der Waals surface area (Å²) >= 11 is 0. The van der Waals surface area contributed by atoms with E-state index in [9.17, 15) is 9.59 Å². The van der Waals surface area contributed by atoms with E-state index < -0.39 is 0 Å². The highest BCUT2D eigenvalue weighted by atomic mass is 16.2. The molecule has 1 N–H and O–H groups in total. The molecule has 0 aliphatic rings. The van der Waals surface area contributed by atoms with Crippen molar-refractivity contribution in [1.82, 2.24) is 4.57 Å². The SMILES string of the molecule is Cc1cccc(NC(=O)Cn2cc(C(=O)C(C)C)c3ccccc32)c1. The Morgan fingerprint density at radius 3 is 2.56 bits per heavy atom. The Balaban J connectivity index is 1.88. The molecule has 3 rings (SSSR count). The van der Waals surface area contributed by atoms with Gasteiger partial charge in [0.25, 0.3) is 0 Å². The van der Waals surface area contributed by atoms with Crippen molar-refractivity contribution in [3.05, 3.63) is 65.9 Å². The molecule has 128 valence electrons. The van der Waals surface area contributed by atoms with Crippen molar-refractivity contribution in [1.29, 1.82) is 0 Å². The predicted molar refractivity (Wildman–Crippen MR) is 101 cm³/mol.